The molecule has 1 N–H and O–H groups in total. The number of benzene rings is 1. The molecule has 2 aliphatic rings. The van der Waals surface area contributed by atoms with E-state index in [2.05, 4.69) is 10.8 Å². The maximum atomic E-state index is 12.8. The lowest BCUT2D eigenvalue weighted by Gasteiger charge is -2.34. The van der Waals surface area contributed by atoms with Crippen molar-refractivity contribution in [2.24, 2.45) is 5.92 Å². The van der Waals surface area contributed by atoms with Crippen molar-refractivity contribution in [1.82, 2.24) is 9.80 Å². The Hall–Kier alpha value is -2.03. The summed E-state index contributed by atoms with van der Waals surface area (Å²) < 4.78 is 5.35. The second-order valence-corrected chi connectivity index (χ2v) is 6.98. The maximum Gasteiger partial charge on any atom is 0.253 e. The van der Waals surface area contributed by atoms with Crippen molar-refractivity contribution in [2.75, 3.05) is 39.3 Å². The molecule has 1 aromatic rings. The minimum atomic E-state index is -0.184. The summed E-state index contributed by atoms with van der Waals surface area (Å²) in [5, 5.41) is 9.67. The van der Waals surface area contributed by atoms with Gasteiger partial charge in [-0.2, -0.15) is 0 Å². The molecule has 2 heterocycles. The molecule has 134 valence electrons. The molecule has 0 aromatic heterocycles. The molecule has 0 unspecified atom stereocenters. The van der Waals surface area contributed by atoms with Crippen LogP contribution in [0.3, 0.4) is 0 Å². The van der Waals surface area contributed by atoms with Crippen LogP contribution in [0, 0.1) is 18.3 Å². The van der Waals surface area contributed by atoms with E-state index in [4.69, 9.17) is 11.2 Å². The molecule has 5 nitrogen and oxygen atoms in total. The third kappa shape index (κ3) is 4.75. The number of amides is 1. The lowest BCUT2D eigenvalue weighted by atomic mass is 9.96. The molecule has 2 saturated heterocycles. The number of nitrogens with zero attached hydrogens (tertiary/aromatic N) is 2. The van der Waals surface area contributed by atoms with E-state index in [1.54, 1.807) is 24.3 Å². The van der Waals surface area contributed by atoms with Crippen LogP contribution in [0.5, 0.6) is 5.75 Å². The van der Waals surface area contributed by atoms with Crippen LogP contribution in [0.2, 0.25) is 0 Å². The quantitative estimate of drug-likeness (QED) is 0.826. The molecule has 3 rings (SSSR count). The van der Waals surface area contributed by atoms with Crippen molar-refractivity contribution < 1.29 is 14.6 Å². The number of carbonyl (C=O) groups is 1. The predicted octanol–water partition coefficient (Wildman–Crippen LogP) is 1.62. The molecule has 2 aliphatic heterocycles. The number of likely N-dealkylation sites (tertiary alicyclic amines) is 2. The van der Waals surface area contributed by atoms with Crippen molar-refractivity contribution in [3.05, 3.63) is 29.8 Å². The molecule has 2 atom stereocenters. The normalized spacial score (nSPS) is 24.1. The van der Waals surface area contributed by atoms with Crippen LogP contribution in [-0.2, 0) is 0 Å². The Balaban J connectivity index is 1.55. The van der Waals surface area contributed by atoms with E-state index in [1.165, 1.54) is 0 Å². The van der Waals surface area contributed by atoms with Crippen LogP contribution >= 0.6 is 0 Å². The highest BCUT2D eigenvalue weighted by Gasteiger charge is 2.28. The highest BCUT2D eigenvalue weighted by atomic mass is 16.5. The van der Waals surface area contributed by atoms with Crippen LogP contribution in [-0.4, -0.2) is 66.2 Å². The van der Waals surface area contributed by atoms with Gasteiger partial charge in [0.2, 0.25) is 0 Å². The molecule has 0 spiro atoms. The van der Waals surface area contributed by atoms with Crippen molar-refractivity contribution in [1.29, 1.82) is 0 Å². The number of terminal acetylenes is 1. The average Bonchev–Trinajstić information content (AvgIpc) is 3.05. The molecule has 0 radical (unpaired) electrons. The van der Waals surface area contributed by atoms with Gasteiger partial charge in [0.1, 0.15) is 12.4 Å². The molecule has 25 heavy (non-hydrogen) atoms. The van der Waals surface area contributed by atoms with E-state index in [1.807, 2.05) is 4.90 Å². The van der Waals surface area contributed by atoms with Gasteiger partial charge in [-0.05, 0) is 49.4 Å². The van der Waals surface area contributed by atoms with E-state index >= 15 is 0 Å². The van der Waals surface area contributed by atoms with Gasteiger partial charge in [0.05, 0.1) is 6.10 Å². The molecule has 0 aliphatic carbocycles. The first-order valence-corrected chi connectivity index (χ1v) is 9.01. The van der Waals surface area contributed by atoms with Gasteiger partial charge in [-0.3, -0.25) is 4.79 Å². The van der Waals surface area contributed by atoms with Crippen molar-refractivity contribution >= 4 is 5.91 Å². The topological polar surface area (TPSA) is 53.0 Å². The van der Waals surface area contributed by atoms with E-state index in [-0.39, 0.29) is 18.6 Å². The molecular formula is C20H26N2O3. The second kappa shape index (κ2) is 8.37. The Kier molecular flexibility index (Phi) is 5.95. The minimum absolute atomic E-state index is 0.0784. The van der Waals surface area contributed by atoms with Gasteiger partial charge in [0, 0.05) is 38.3 Å². The van der Waals surface area contributed by atoms with Gasteiger partial charge in [-0.25, -0.2) is 0 Å². The van der Waals surface area contributed by atoms with Crippen LogP contribution in [0.25, 0.3) is 0 Å². The number of piperidine rings is 1. The monoisotopic (exact) mass is 342 g/mol. The summed E-state index contributed by atoms with van der Waals surface area (Å²) in [7, 11) is 0. The van der Waals surface area contributed by atoms with Gasteiger partial charge >= 0.3 is 0 Å². The zero-order chi connectivity index (χ0) is 17.6. The van der Waals surface area contributed by atoms with Crippen LogP contribution in [0.4, 0.5) is 0 Å². The van der Waals surface area contributed by atoms with E-state index < -0.39 is 0 Å². The minimum Gasteiger partial charge on any atom is -0.481 e. The fourth-order valence-corrected chi connectivity index (χ4v) is 3.74. The SMILES string of the molecule is C#CCOc1ccc(C(=O)N2CCC[C@@H](CN3CC[C@H](O)C3)C2)cc1. The number of rotatable bonds is 5. The third-order valence-corrected chi connectivity index (χ3v) is 4.99. The third-order valence-electron chi connectivity index (χ3n) is 4.99. The highest BCUT2D eigenvalue weighted by Crippen LogP contribution is 2.22. The van der Waals surface area contributed by atoms with Crippen molar-refractivity contribution in [3.63, 3.8) is 0 Å². The van der Waals surface area contributed by atoms with Crippen LogP contribution < -0.4 is 4.74 Å². The molecule has 0 bridgehead atoms. The highest BCUT2D eigenvalue weighted by molar-refractivity contribution is 5.94. The summed E-state index contributed by atoms with van der Waals surface area (Å²) in [6.45, 7) is 4.54. The number of β-amino-alcohol motifs (C(OH)–C–C–N with tert-alkyl or cyclic N) is 1. The standard InChI is InChI=1S/C20H26N2O3/c1-2-12-25-19-7-5-17(6-8-19)20(24)22-10-3-4-16(14-22)13-21-11-9-18(23)15-21/h1,5-8,16,18,23H,3-4,9-15H2/t16-,18-/m0/s1. The van der Waals surface area contributed by atoms with Crippen LogP contribution in [0.1, 0.15) is 29.6 Å². The van der Waals surface area contributed by atoms with E-state index in [0.29, 0.717) is 17.2 Å². The smallest absolute Gasteiger partial charge is 0.253 e. The van der Waals surface area contributed by atoms with Gasteiger partial charge in [-0.1, -0.05) is 5.92 Å². The predicted molar refractivity (Wildman–Crippen MR) is 96.5 cm³/mol. The number of aliphatic hydroxyl groups excluding tert-OH is 1. The zero-order valence-electron chi connectivity index (χ0n) is 14.6. The molecule has 1 amide bonds. The number of hydrogen-bond acceptors (Lipinski definition) is 4. The molecule has 1 aromatic carbocycles. The van der Waals surface area contributed by atoms with E-state index in [0.717, 1.165) is 52.0 Å². The molecule has 0 saturated carbocycles. The van der Waals surface area contributed by atoms with Crippen molar-refractivity contribution in [3.8, 4) is 18.1 Å². The first kappa shape index (κ1) is 17.8. The first-order chi connectivity index (χ1) is 12.2. The second-order valence-electron chi connectivity index (χ2n) is 6.98. The van der Waals surface area contributed by atoms with Gasteiger partial charge in [0.25, 0.3) is 5.91 Å². The fourth-order valence-electron chi connectivity index (χ4n) is 3.74. The fraction of sp³-hybridized carbons (Fsp3) is 0.550. The Morgan fingerprint density at radius 2 is 2.04 bits per heavy atom. The number of hydrogen-bond donors (Lipinski definition) is 1. The lowest BCUT2D eigenvalue weighted by Crippen LogP contribution is -2.43. The van der Waals surface area contributed by atoms with Crippen molar-refractivity contribution in [2.45, 2.75) is 25.4 Å². The van der Waals surface area contributed by atoms with Crippen LogP contribution in [0.15, 0.2) is 24.3 Å². The summed E-state index contributed by atoms with van der Waals surface area (Å²) in [6.07, 6.45) is 8.04. The Labute approximate surface area is 149 Å². The van der Waals surface area contributed by atoms with Gasteiger partial charge in [-0.15, -0.1) is 6.42 Å². The summed E-state index contributed by atoms with van der Waals surface area (Å²) >= 11 is 0. The maximum absolute atomic E-state index is 12.8. The summed E-state index contributed by atoms with van der Waals surface area (Å²) in [4.78, 5) is 17.0. The average molecular weight is 342 g/mol. The van der Waals surface area contributed by atoms with E-state index in [9.17, 15) is 9.90 Å². The number of ether oxygens (including phenoxy) is 1. The molecular weight excluding hydrogens is 316 g/mol. The summed E-state index contributed by atoms with van der Waals surface area (Å²) in [5.74, 6) is 3.67. The largest absolute Gasteiger partial charge is 0.481 e. The number of carbonyl (C=O) groups excluding carboxylic acids is 1. The zero-order valence-corrected chi connectivity index (χ0v) is 14.6. The lowest BCUT2D eigenvalue weighted by molar-refractivity contribution is 0.0642. The van der Waals surface area contributed by atoms with Gasteiger partial charge in [0.15, 0.2) is 0 Å². The van der Waals surface area contributed by atoms with Gasteiger partial charge < -0.3 is 19.6 Å². The first-order valence-electron chi connectivity index (χ1n) is 9.01. The summed E-state index contributed by atoms with van der Waals surface area (Å²) in [6, 6.07) is 7.18. The number of aliphatic hydroxyl groups is 1. The summed E-state index contributed by atoms with van der Waals surface area (Å²) in [5.41, 5.74) is 0.685. The Morgan fingerprint density at radius 3 is 2.72 bits per heavy atom. The molecule has 2 fully saturated rings. The Bertz CT molecular complexity index is 623. The Morgan fingerprint density at radius 1 is 1.24 bits per heavy atom. The molecule has 5 heteroatoms.